The largest absolute Gasteiger partial charge is 0.433 e. The summed E-state index contributed by atoms with van der Waals surface area (Å²) in [6.45, 7) is 0.766. The normalized spacial score (nSPS) is 13.4. The molecule has 0 radical (unpaired) electrons. The van der Waals surface area contributed by atoms with Crippen molar-refractivity contribution in [1.29, 1.82) is 0 Å². The highest BCUT2D eigenvalue weighted by Crippen LogP contribution is 2.44. The van der Waals surface area contributed by atoms with Crippen LogP contribution in [-0.4, -0.2) is 18.4 Å². The van der Waals surface area contributed by atoms with Gasteiger partial charge in [-0.1, -0.05) is 62.2 Å². The van der Waals surface area contributed by atoms with Crippen molar-refractivity contribution >= 4 is 39.9 Å². The molecular weight excluding hydrogens is 424 g/mol. The van der Waals surface area contributed by atoms with Gasteiger partial charge in [0.1, 0.15) is 5.75 Å². The van der Waals surface area contributed by atoms with Gasteiger partial charge >= 0.3 is 6.61 Å². The van der Waals surface area contributed by atoms with Gasteiger partial charge in [0.25, 0.3) is 11.8 Å². The number of fused-ring (bicyclic) bond motifs is 2. The number of halogens is 3. The Morgan fingerprint density at radius 1 is 1.00 bits per heavy atom. The molecule has 31 heavy (non-hydrogen) atoms. The maximum Gasteiger partial charge on any atom is 0.387 e. The van der Waals surface area contributed by atoms with Crippen LogP contribution in [0, 0.1) is 0 Å². The van der Waals surface area contributed by atoms with Crippen molar-refractivity contribution in [1.82, 2.24) is 0 Å². The van der Waals surface area contributed by atoms with Crippen LogP contribution in [0.3, 0.4) is 0 Å². The molecule has 0 saturated heterocycles. The quantitative estimate of drug-likeness (QED) is 0.413. The van der Waals surface area contributed by atoms with Crippen LogP contribution >= 0.6 is 11.6 Å². The molecule has 0 N–H and O–H groups in total. The molecule has 0 bridgehead atoms. The van der Waals surface area contributed by atoms with Crippen molar-refractivity contribution in [3.63, 3.8) is 0 Å². The summed E-state index contributed by atoms with van der Waals surface area (Å²) in [7, 11) is 0. The van der Waals surface area contributed by atoms with Crippen LogP contribution in [0.15, 0.2) is 42.5 Å². The van der Waals surface area contributed by atoms with E-state index in [1.54, 1.807) is 42.5 Å². The Balaban J connectivity index is 2.01. The molecule has 3 aromatic carbocycles. The third-order valence-electron chi connectivity index (χ3n) is 5.48. The van der Waals surface area contributed by atoms with E-state index in [9.17, 15) is 18.4 Å². The van der Waals surface area contributed by atoms with E-state index in [1.807, 2.05) is 13.8 Å². The number of nitrogens with zero attached hydrogens (tertiary/aromatic N) is 1. The molecule has 7 heteroatoms. The minimum atomic E-state index is -3.14. The van der Waals surface area contributed by atoms with E-state index < -0.39 is 18.4 Å². The summed E-state index contributed by atoms with van der Waals surface area (Å²) >= 11 is 6.39. The number of rotatable bonds is 6. The maximum absolute atomic E-state index is 13.5. The van der Waals surface area contributed by atoms with E-state index in [0.717, 1.165) is 16.9 Å². The number of ether oxygens (including phenoxy) is 1. The van der Waals surface area contributed by atoms with E-state index >= 15 is 0 Å². The van der Waals surface area contributed by atoms with E-state index in [1.165, 1.54) is 0 Å². The Hall–Kier alpha value is -2.99. The molecule has 0 saturated carbocycles. The summed E-state index contributed by atoms with van der Waals surface area (Å²) in [6, 6.07) is 11.9. The monoisotopic (exact) mass is 443 g/mol. The molecule has 2 amide bonds. The zero-order valence-electron chi connectivity index (χ0n) is 17.0. The highest BCUT2D eigenvalue weighted by Gasteiger charge is 2.43. The van der Waals surface area contributed by atoms with E-state index in [4.69, 9.17) is 16.3 Å². The topological polar surface area (TPSA) is 46.6 Å². The van der Waals surface area contributed by atoms with Gasteiger partial charge in [-0.15, -0.1) is 0 Å². The van der Waals surface area contributed by atoms with E-state index in [0.29, 0.717) is 29.2 Å². The Bertz CT molecular complexity index is 1210. The number of anilines is 1. The van der Waals surface area contributed by atoms with Gasteiger partial charge in [-0.05, 0) is 41.5 Å². The number of imide groups is 1. The molecular formula is C24H20ClF2NO3. The second kappa shape index (κ2) is 8.27. The van der Waals surface area contributed by atoms with Crippen LogP contribution in [0.5, 0.6) is 5.75 Å². The van der Waals surface area contributed by atoms with E-state index in [-0.39, 0.29) is 27.6 Å². The van der Waals surface area contributed by atoms with Crippen LogP contribution < -0.4 is 9.64 Å². The lowest BCUT2D eigenvalue weighted by Gasteiger charge is -2.16. The zero-order valence-corrected chi connectivity index (χ0v) is 17.8. The predicted octanol–water partition coefficient (Wildman–Crippen LogP) is 6.41. The van der Waals surface area contributed by atoms with Gasteiger partial charge in [0.2, 0.25) is 0 Å². The molecule has 0 fully saturated rings. The van der Waals surface area contributed by atoms with Crippen LogP contribution in [-0.2, 0) is 12.8 Å². The summed E-state index contributed by atoms with van der Waals surface area (Å²) in [5.41, 5.74) is 1.79. The number of benzene rings is 3. The van der Waals surface area contributed by atoms with Crippen molar-refractivity contribution in [3.8, 4) is 5.75 Å². The lowest BCUT2D eigenvalue weighted by atomic mass is 9.91. The predicted molar refractivity (Wildman–Crippen MR) is 117 cm³/mol. The molecule has 0 unspecified atom stereocenters. The summed E-state index contributed by atoms with van der Waals surface area (Å²) in [6.07, 6.45) is 1.95. The zero-order chi connectivity index (χ0) is 22.3. The summed E-state index contributed by atoms with van der Waals surface area (Å²) in [5.74, 6) is -1.58. The molecule has 1 aliphatic rings. The molecule has 160 valence electrons. The summed E-state index contributed by atoms with van der Waals surface area (Å²) < 4.78 is 31.4. The Labute approximate surface area is 183 Å². The molecule has 4 rings (SSSR count). The third kappa shape index (κ3) is 3.45. The number of carbonyl (C=O) groups is 2. The molecule has 0 aromatic heterocycles. The van der Waals surface area contributed by atoms with Crippen LogP contribution in [0.25, 0.3) is 10.8 Å². The van der Waals surface area contributed by atoms with Gasteiger partial charge in [-0.25, -0.2) is 4.90 Å². The average molecular weight is 444 g/mol. The second-order valence-corrected chi connectivity index (χ2v) is 7.72. The minimum Gasteiger partial charge on any atom is -0.433 e. The fourth-order valence-electron chi connectivity index (χ4n) is 4.13. The van der Waals surface area contributed by atoms with Crippen molar-refractivity contribution in [2.45, 2.75) is 39.7 Å². The molecule has 0 spiro atoms. The van der Waals surface area contributed by atoms with Gasteiger partial charge in [0, 0.05) is 5.39 Å². The van der Waals surface area contributed by atoms with Crippen LogP contribution in [0.4, 0.5) is 14.5 Å². The maximum atomic E-state index is 13.5. The molecule has 3 aromatic rings. The first-order chi connectivity index (χ1) is 14.9. The number of amides is 2. The van der Waals surface area contributed by atoms with Crippen molar-refractivity contribution in [2.75, 3.05) is 4.90 Å². The van der Waals surface area contributed by atoms with Gasteiger partial charge in [0.05, 0.1) is 21.8 Å². The first-order valence-electron chi connectivity index (χ1n) is 10.1. The molecule has 1 heterocycles. The van der Waals surface area contributed by atoms with Crippen molar-refractivity contribution in [3.05, 3.63) is 69.7 Å². The number of hydrogen-bond acceptors (Lipinski definition) is 3. The Morgan fingerprint density at radius 2 is 1.68 bits per heavy atom. The van der Waals surface area contributed by atoms with Crippen LogP contribution in [0.2, 0.25) is 5.02 Å². The van der Waals surface area contributed by atoms with Gasteiger partial charge < -0.3 is 4.74 Å². The SMILES string of the molecule is CCCc1c2c(c(OC(F)F)c3ccccc13)C(=O)N(c1ccc(CC)cc1Cl)C2=O. The van der Waals surface area contributed by atoms with Crippen molar-refractivity contribution < 1.29 is 23.1 Å². The van der Waals surface area contributed by atoms with Gasteiger partial charge in [0.15, 0.2) is 0 Å². The highest BCUT2D eigenvalue weighted by atomic mass is 35.5. The number of carbonyl (C=O) groups excluding carboxylic acids is 2. The molecule has 0 atom stereocenters. The first kappa shape index (κ1) is 21.2. The minimum absolute atomic E-state index is 0.108. The molecule has 1 aliphatic heterocycles. The lowest BCUT2D eigenvalue weighted by molar-refractivity contribution is -0.0490. The first-order valence-corrected chi connectivity index (χ1v) is 10.5. The molecule has 4 nitrogen and oxygen atoms in total. The standard InChI is InChI=1S/C24H20ClF2NO3/c1-3-7-15-14-8-5-6-9-16(14)21(31-24(26)27)20-19(15)22(29)28(23(20)30)18-11-10-13(4-2)12-17(18)25/h5-6,8-12,24H,3-4,7H2,1-2H3. The smallest absolute Gasteiger partial charge is 0.387 e. The van der Waals surface area contributed by atoms with E-state index in [2.05, 4.69) is 0 Å². The fourth-order valence-corrected chi connectivity index (χ4v) is 4.41. The number of hydrogen-bond donors (Lipinski definition) is 0. The third-order valence-corrected chi connectivity index (χ3v) is 5.78. The number of alkyl halides is 2. The second-order valence-electron chi connectivity index (χ2n) is 7.32. The average Bonchev–Trinajstić information content (AvgIpc) is 3.00. The highest BCUT2D eigenvalue weighted by molar-refractivity contribution is 6.41. The van der Waals surface area contributed by atoms with Gasteiger partial charge in [-0.3, -0.25) is 9.59 Å². The number of aryl methyl sites for hydroxylation is 2. The fraction of sp³-hybridized carbons (Fsp3) is 0.250. The summed E-state index contributed by atoms with van der Waals surface area (Å²) in [4.78, 5) is 27.9. The van der Waals surface area contributed by atoms with Crippen LogP contribution in [0.1, 0.15) is 52.1 Å². The van der Waals surface area contributed by atoms with Crippen molar-refractivity contribution in [2.24, 2.45) is 0 Å². The van der Waals surface area contributed by atoms with Gasteiger partial charge in [-0.2, -0.15) is 8.78 Å². The lowest BCUT2D eigenvalue weighted by Crippen LogP contribution is -2.30. The Kier molecular flexibility index (Phi) is 5.67. The molecule has 0 aliphatic carbocycles. The Morgan fingerprint density at radius 3 is 2.29 bits per heavy atom. The summed E-state index contributed by atoms with van der Waals surface area (Å²) in [5, 5.41) is 1.24.